The molecule has 3 aromatic rings. The van der Waals surface area contributed by atoms with Gasteiger partial charge in [-0.1, -0.05) is 35.9 Å². The van der Waals surface area contributed by atoms with Crippen LogP contribution in [0.2, 0.25) is 5.02 Å². The maximum absolute atomic E-state index is 12.7. The van der Waals surface area contributed by atoms with Crippen molar-refractivity contribution in [1.82, 2.24) is 4.98 Å². The van der Waals surface area contributed by atoms with Gasteiger partial charge in [-0.2, -0.15) is 4.98 Å². The summed E-state index contributed by atoms with van der Waals surface area (Å²) in [6.07, 6.45) is 1.52. The van der Waals surface area contributed by atoms with Crippen LogP contribution in [0.5, 0.6) is 0 Å². The number of aromatic nitrogens is 1. The van der Waals surface area contributed by atoms with Crippen molar-refractivity contribution in [3.63, 3.8) is 0 Å². The number of para-hydroxylation sites is 2. The van der Waals surface area contributed by atoms with Crippen LogP contribution in [-0.4, -0.2) is 15.4 Å². The molecule has 1 atom stereocenters. The van der Waals surface area contributed by atoms with Crippen LogP contribution in [0.15, 0.2) is 62.2 Å². The summed E-state index contributed by atoms with van der Waals surface area (Å²) in [5, 5.41) is 0.417. The van der Waals surface area contributed by atoms with Crippen LogP contribution in [0.4, 0.5) is 6.01 Å². The average molecular weight is 307 g/mol. The van der Waals surface area contributed by atoms with Gasteiger partial charge in [0.2, 0.25) is 0 Å². The first-order valence-electron chi connectivity index (χ1n) is 5.88. The van der Waals surface area contributed by atoms with E-state index in [2.05, 4.69) is 9.35 Å². The van der Waals surface area contributed by atoms with Crippen molar-refractivity contribution in [2.75, 3.05) is 6.26 Å². The minimum absolute atomic E-state index is 0.0959. The molecule has 4 nitrogen and oxygen atoms in total. The highest BCUT2D eigenvalue weighted by atomic mass is 35.5. The Morgan fingerprint density at radius 1 is 1.15 bits per heavy atom. The van der Waals surface area contributed by atoms with Crippen molar-refractivity contribution in [3.8, 4) is 0 Å². The lowest BCUT2D eigenvalue weighted by molar-refractivity contribution is 0.612. The van der Waals surface area contributed by atoms with Crippen LogP contribution >= 0.6 is 11.6 Å². The molecular formula is C14H11ClN2O2S. The van der Waals surface area contributed by atoms with Crippen LogP contribution in [0, 0.1) is 0 Å². The number of hydrogen-bond donors (Lipinski definition) is 0. The molecule has 0 aliphatic carbocycles. The predicted octanol–water partition coefficient (Wildman–Crippen LogP) is 4.27. The summed E-state index contributed by atoms with van der Waals surface area (Å²) >= 11 is 6.06. The number of fused-ring (bicyclic) bond motifs is 1. The monoisotopic (exact) mass is 306 g/mol. The zero-order valence-electron chi connectivity index (χ0n) is 10.6. The second kappa shape index (κ2) is 4.92. The lowest BCUT2D eigenvalue weighted by Gasteiger charge is -2.04. The smallest absolute Gasteiger partial charge is 0.331 e. The summed E-state index contributed by atoms with van der Waals surface area (Å²) in [4.78, 5) is 4.67. The van der Waals surface area contributed by atoms with Gasteiger partial charge >= 0.3 is 6.01 Å². The molecule has 0 saturated heterocycles. The first-order chi connectivity index (χ1) is 9.56. The first kappa shape index (κ1) is 13.1. The van der Waals surface area contributed by atoms with Gasteiger partial charge in [-0.15, -0.1) is 4.36 Å². The van der Waals surface area contributed by atoms with Crippen LogP contribution in [0.3, 0.4) is 0 Å². The lowest BCUT2D eigenvalue weighted by Crippen LogP contribution is -1.97. The molecule has 20 heavy (non-hydrogen) atoms. The molecule has 0 amide bonds. The van der Waals surface area contributed by atoms with Crippen molar-refractivity contribution >= 4 is 38.4 Å². The summed E-state index contributed by atoms with van der Waals surface area (Å²) < 4.78 is 22.3. The highest BCUT2D eigenvalue weighted by molar-refractivity contribution is 7.93. The van der Waals surface area contributed by atoms with E-state index in [-0.39, 0.29) is 6.01 Å². The lowest BCUT2D eigenvalue weighted by atomic mass is 10.3. The molecular weight excluding hydrogens is 296 g/mol. The van der Waals surface area contributed by atoms with E-state index in [1.165, 1.54) is 6.26 Å². The fourth-order valence-corrected chi connectivity index (χ4v) is 3.65. The van der Waals surface area contributed by atoms with E-state index in [9.17, 15) is 4.21 Å². The number of rotatable bonds is 2. The second-order valence-corrected chi connectivity index (χ2v) is 6.92. The van der Waals surface area contributed by atoms with Crippen molar-refractivity contribution in [2.24, 2.45) is 4.36 Å². The molecule has 1 aromatic heterocycles. The van der Waals surface area contributed by atoms with Crippen LogP contribution in [0.1, 0.15) is 0 Å². The Labute approximate surface area is 121 Å². The quantitative estimate of drug-likeness (QED) is 0.710. The first-order valence-corrected chi connectivity index (χ1v) is 8.19. The van der Waals surface area contributed by atoms with Crippen molar-refractivity contribution < 1.29 is 8.63 Å². The molecule has 6 heteroatoms. The second-order valence-electron chi connectivity index (χ2n) is 4.29. The van der Waals surface area contributed by atoms with E-state index >= 15 is 0 Å². The molecule has 0 aliphatic heterocycles. The van der Waals surface area contributed by atoms with Crippen LogP contribution in [-0.2, 0) is 9.73 Å². The maximum Gasteiger partial charge on any atom is 0.331 e. The van der Waals surface area contributed by atoms with Crippen LogP contribution < -0.4 is 0 Å². The molecule has 0 saturated carbocycles. The third-order valence-corrected chi connectivity index (χ3v) is 4.90. The Kier molecular flexibility index (Phi) is 3.23. The van der Waals surface area contributed by atoms with E-state index < -0.39 is 9.73 Å². The molecule has 0 aliphatic rings. The summed E-state index contributed by atoms with van der Waals surface area (Å²) in [6.45, 7) is 0. The predicted molar refractivity (Wildman–Crippen MR) is 79.9 cm³/mol. The summed E-state index contributed by atoms with van der Waals surface area (Å²) in [5.41, 5.74) is 1.29. The average Bonchev–Trinajstić information content (AvgIpc) is 2.80. The van der Waals surface area contributed by atoms with Gasteiger partial charge in [0.25, 0.3) is 0 Å². The Hall–Kier alpha value is -1.85. The van der Waals surface area contributed by atoms with Gasteiger partial charge < -0.3 is 4.42 Å². The van der Waals surface area contributed by atoms with Crippen LogP contribution in [0.25, 0.3) is 11.1 Å². The zero-order chi connectivity index (χ0) is 14.2. The summed E-state index contributed by atoms with van der Waals surface area (Å²) in [6, 6.07) is 14.3. The fraction of sp³-hybridized carbons (Fsp3) is 0.0714. The van der Waals surface area contributed by atoms with Gasteiger partial charge in [-0.3, -0.25) is 0 Å². The van der Waals surface area contributed by atoms with Gasteiger partial charge in [0.05, 0.1) is 19.6 Å². The number of hydrogen-bond acceptors (Lipinski definition) is 4. The molecule has 102 valence electrons. The molecule has 1 heterocycles. The SMILES string of the molecule is CS(=O)(=Nc1nc2ccccc2o1)c1ccccc1Cl. The maximum atomic E-state index is 12.7. The summed E-state index contributed by atoms with van der Waals surface area (Å²) in [7, 11) is -2.70. The van der Waals surface area contributed by atoms with Gasteiger partial charge in [0.15, 0.2) is 5.58 Å². The van der Waals surface area contributed by atoms with Crippen molar-refractivity contribution in [3.05, 3.63) is 53.6 Å². The Balaban J connectivity index is 2.15. The van der Waals surface area contributed by atoms with E-state index in [0.29, 0.717) is 21.0 Å². The van der Waals surface area contributed by atoms with Gasteiger partial charge in [0.1, 0.15) is 5.52 Å². The normalized spacial score (nSPS) is 14.1. The number of benzene rings is 2. The molecule has 2 aromatic carbocycles. The number of nitrogens with zero attached hydrogens (tertiary/aromatic N) is 2. The molecule has 0 N–H and O–H groups in total. The number of halogens is 1. The van der Waals surface area contributed by atoms with E-state index in [1.54, 1.807) is 30.3 Å². The zero-order valence-corrected chi connectivity index (χ0v) is 12.2. The van der Waals surface area contributed by atoms with E-state index in [0.717, 1.165) is 0 Å². The minimum atomic E-state index is -2.70. The Bertz CT molecular complexity index is 862. The molecule has 1 unspecified atom stereocenters. The van der Waals surface area contributed by atoms with Crippen molar-refractivity contribution in [2.45, 2.75) is 4.90 Å². The largest absolute Gasteiger partial charge is 0.422 e. The highest BCUT2D eigenvalue weighted by Gasteiger charge is 2.13. The topological polar surface area (TPSA) is 55.5 Å². The van der Waals surface area contributed by atoms with Gasteiger partial charge in [-0.05, 0) is 24.3 Å². The molecule has 0 radical (unpaired) electrons. The van der Waals surface area contributed by atoms with Crippen molar-refractivity contribution in [1.29, 1.82) is 0 Å². The minimum Gasteiger partial charge on any atom is -0.422 e. The van der Waals surface area contributed by atoms with Gasteiger partial charge in [0, 0.05) is 6.26 Å². The summed E-state index contributed by atoms with van der Waals surface area (Å²) in [5.74, 6) is 0. The fourth-order valence-electron chi connectivity index (χ4n) is 1.85. The van der Waals surface area contributed by atoms with E-state index in [1.807, 2.05) is 18.2 Å². The third kappa shape index (κ3) is 2.42. The Morgan fingerprint density at radius 3 is 2.60 bits per heavy atom. The Morgan fingerprint density at radius 2 is 1.85 bits per heavy atom. The molecule has 0 fully saturated rings. The number of oxazole rings is 1. The molecule has 0 spiro atoms. The third-order valence-electron chi connectivity index (χ3n) is 2.78. The molecule has 3 rings (SSSR count). The van der Waals surface area contributed by atoms with Gasteiger partial charge in [-0.25, -0.2) is 4.21 Å². The van der Waals surface area contributed by atoms with E-state index in [4.69, 9.17) is 16.0 Å². The standard InChI is InChI=1S/C14H11ClN2O2S/c1-20(18,13-9-5-2-6-10(13)15)17-14-16-11-7-3-4-8-12(11)19-14/h2-9H,1H3. The molecule has 0 bridgehead atoms. The highest BCUT2D eigenvalue weighted by Crippen LogP contribution is 2.27.